The van der Waals surface area contributed by atoms with E-state index in [0.29, 0.717) is 30.2 Å². The van der Waals surface area contributed by atoms with Crippen molar-refractivity contribution >= 4 is 34.5 Å². The number of nitrogens with one attached hydrogen (secondary N) is 2. The van der Waals surface area contributed by atoms with Gasteiger partial charge in [0.15, 0.2) is 22.3 Å². The van der Waals surface area contributed by atoms with Crippen LogP contribution in [-0.2, 0) is 6.54 Å². The third-order valence-electron chi connectivity index (χ3n) is 4.59. The van der Waals surface area contributed by atoms with Gasteiger partial charge in [-0.05, 0) is 32.4 Å². The molecule has 3 rings (SSSR count). The average molecular weight is 459 g/mol. The van der Waals surface area contributed by atoms with E-state index in [1.807, 2.05) is 0 Å². The number of fused-ring (bicyclic) bond motifs is 1. The first-order chi connectivity index (χ1) is 15.5. The van der Waals surface area contributed by atoms with Gasteiger partial charge in [-0.15, -0.1) is 0 Å². The highest BCUT2D eigenvalue weighted by molar-refractivity contribution is 7.99. The smallest absolute Gasteiger partial charge is 0.255 e. The van der Waals surface area contributed by atoms with Crippen molar-refractivity contribution in [2.24, 2.45) is 0 Å². The fourth-order valence-electron chi connectivity index (χ4n) is 3.18. The number of aromatic nitrogens is 4. The minimum atomic E-state index is -0.242. The molecule has 0 saturated heterocycles. The molecule has 0 radical (unpaired) electrons. The van der Waals surface area contributed by atoms with Crippen molar-refractivity contribution in [1.82, 2.24) is 25.1 Å². The number of thioether (sulfide) groups is 1. The number of benzene rings is 1. The molecule has 32 heavy (non-hydrogen) atoms. The molecular formula is C22H30N6O3S. The van der Waals surface area contributed by atoms with E-state index >= 15 is 0 Å². The Hall–Kier alpha value is -3.01. The van der Waals surface area contributed by atoms with Crippen LogP contribution in [0.1, 0.15) is 37.6 Å². The molecule has 2 heterocycles. The highest BCUT2D eigenvalue weighted by Gasteiger charge is 2.17. The van der Waals surface area contributed by atoms with Gasteiger partial charge in [0.1, 0.15) is 5.82 Å². The zero-order valence-corrected chi connectivity index (χ0v) is 20.0. The Morgan fingerprint density at radius 1 is 1.22 bits per heavy atom. The number of hydrogen-bond donors (Lipinski definition) is 2. The van der Waals surface area contributed by atoms with Gasteiger partial charge in [0, 0.05) is 18.3 Å². The molecule has 10 heteroatoms. The Morgan fingerprint density at radius 2 is 2.03 bits per heavy atom. The quantitative estimate of drug-likeness (QED) is 0.332. The summed E-state index contributed by atoms with van der Waals surface area (Å²) in [5.74, 6) is 2.40. The van der Waals surface area contributed by atoms with Gasteiger partial charge in [-0.1, -0.05) is 24.8 Å². The summed E-state index contributed by atoms with van der Waals surface area (Å²) < 4.78 is 12.4. The Bertz CT molecular complexity index is 1070. The van der Waals surface area contributed by atoms with Gasteiger partial charge in [-0.25, -0.2) is 14.6 Å². The van der Waals surface area contributed by atoms with Crippen molar-refractivity contribution in [3.63, 3.8) is 0 Å². The normalized spacial score (nSPS) is 11.1. The van der Waals surface area contributed by atoms with Crippen LogP contribution in [0.5, 0.6) is 11.5 Å². The van der Waals surface area contributed by atoms with Crippen molar-refractivity contribution in [2.45, 2.75) is 44.9 Å². The maximum Gasteiger partial charge on any atom is 0.255 e. The second-order valence-corrected chi connectivity index (χ2v) is 8.47. The Morgan fingerprint density at radius 3 is 2.72 bits per heavy atom. The lowest BCUT2D eigenvalue weighted by Gasteiger charge is -2.13. The Balaban J connectivity index is 1.77. The molecule has 0 aliphatic heterocycles. The first kappa shape index (κ1) is 23.6. The van der Waals surface area contributed by atoms with Crippen LogP contribution >= 0.6 is 11.8 Å². The van der Waals surface area contributed by atoms with Crippen molar-refractivity contribution in [3.8, 4) is 11.5 Å². The topological polar surface area (TPSA) is 103 Å². The maximum atomic E-state index is 12.7. The van der Waals surface area contributed by atoms with Crippen LogP contribution in [0.4, 0.5) is 5.82 Å². The number of nitrogens with zero attached hydrogens (tertiary/aromatic N) is 4. The molecule has 0 aliphatic rings. The van der Waals surface area contributed by atoms with Gasteiger partial charge in [0.2, 0.25) is 0 Å². The van der Waals surface area contributed by atoms with Crippen LogP contribution in [0, 0.1) is 0 Å². The van der Waals surface area contributed by atoms with Crippen LogP contribution in [-0.4, -0.2) is 58.2 Å². The van der Waals surface area contributed by atoms with Crippen molar-refractivity contribution < 1.29 is 14.3 Å². The van der Waals surface area contributed by atoms with Crippen molar-refractivity contribution in [2.75, 3.05) is 31.8 Å². The zero-order valence-electron chi connectivity index (χ0n) is 19.1. The SMILES string of the molecule is CCCSc1nc(NC(C)C)c2cnn(CCNC(=O)c3cccc(OC)c3OC)c2n1. The molecule has 0 unspecified atom stereocenters. The molecule has 0 aliphatic carbocycles. The van der Waals surface area contributed by atoms with E-state index < -0.39 is 0 Å². The number of ether oxygens (including phenoxy) is 2. The summed E-state index contributed by atoms with van der Waals surface area (Å²) in [7, 11) is 3.06. The highest BCUT2D eigenvalue weighted by atomic mass is 32.2. The summed E-state index contributed by atoms with van der Waals surface area (Å²) in [6.45, 7) is 7.12. The Kier molecular flexibility index (Phi) is 8.15. The van der Waals surface area contributed by atoms with Gasteiger partial charge in [0.05, 0.1) is 37.9 Å². The number of anilines is 1. The molecule has 9 nitrogen and oxygen atoms in total. The second-order valence-electron chi connectivity index (χ2n) is 7.40. The molecule has 3 aromatic rings. The van der Waals surface area contributed by atoms with E-state index in [1.54, 1.807) is 47.9 Å². The van der Waals surface area contributed by atoms with E-state index in [2.05, 4.69) is 41.5 Å². The fraction of sp³-hybridized carbons (Fsp3) is 0.455. The monoisotopic (exact) mass is 458 g/mol. The molecular weight excluding hydrogens is 428 g/mol. The number of carbonyl (C=O) groups excluding carboxylic acids is 1. The fourth-order valence-corrected chi connectivity index (χ4v) is 3.87. The van der Waals surface area contributed by atoms with Gasteiger partial charge in [-0.3, -0.25) is 4.79 Å². The molecule has 2 aromatic heterocycles. The molecule has 1 aromatic carbocycles. The predicted molar refractivity (Wildman–Crippen MR) is 127 cm³/mol. The third kappa shape index (κ3) is 5.42. The molecule has 0 spiro atoms. The van der Waals surface area contributed by atoms with Crippen LogP contribution < -0.4 is 20.1 Å². The molecule has 0 bridgehead atoms. The predicted octanol–water partition coefficient (Wildman–Crippen LogP) is 3.60. The minimum Gasteiger partial charge on any atom is -0.493 e. The Labute approximate surface area is 192 Å². The van der Waals surface area contributed by atoms with Crippen molar-refractivity contribution in [3.05, 3.63) is 30.0 Å². The average Bonchev–Trinajstić information content (AvgIpc) is 3.19. The molecule has 172 valence electrons. The lowest BCUT2D eigenvalue weighted by atomic mass is 10.1. The number of para-hydroxylation sites is 1. The number of amides is 1. The van der Waals surface area contributed by atoms with E-state index in [0.717, 1.165) is 34.2 Å². The van der Waals surface area contributed by atoms with E-state index in [4.69, 9.17) is 14.5 Å². The standard InChI is InChI=1S/C22H30N6O3S/c1-6-12-32-22-26-19(25-14(2)3)16-13-24-28(20(16)27-22)11-10-23-21(29)15-8-7-9-17(30-4)18(15)31-5/h7-9,13-14H,6,10-12H2,1-5H3,(H,23,29)(H,25,26,27). The summed E-state index contributed by atoms with van der Waals surface area (Å²) in [6.07, 6.45) is 2.80. The van der Waals surface area contributed by atoms with E-state index in [-0.39, 0.29) is 11.9 Å². The number of carbonyl (C=O) groups is 1. The molecule has 0 saturated carbocycles. The summed E-state index contributed by atoms with van der Waals surface area (Å²) in [6, 6.07) is 5.45. The van der Waals surface area contributed by atoms with Crippen LogP contribution in [0.15, 0.2) is 29.6 Å². The molecule has 0 atom stereocenters. The lowest BCUT2D eigenvalue weighted by Crippen LogP contribution is -2.28. The van der Waals surface area contributed by atoms with E-state index in [9.17, 15) is 4.79 Å². The number of rotatable bonds is 11. The number of methoxy groups -OCH3 is 2. The largest absolute Gasteiger partial charge is 0.493 e. The van der Waals surface area contributed by atoms with Gasteiger partial charge < -0.3 is 20.1 Å². The minimum absolute atomic E-state index is 0.234. The van der Waals surface area contributed by atoms with Crippen molar-refractivity contribution in [1.29, 1.82) is 0 Å². The summed E-state index contributed by atoms with van der Waals surface area (Å²) >= 11 is 1.62. The first-order valence-electron chi connectivity index (χ1n) is 10.6. The zero-order chi connectivity index (χ0) is 23.1. The van der Waals surface area contributed by atoms with Gasteiger partial charge >= 0.3 is 0 Å². The van der Waals surface area contributed by atoms with Gasteiger partial charge in [-0.2, -0.15) is 5.10 Å². The van der Waals surface area contributed by atoms with Crippen LogP contribution in [0.3, 0.4) is 0 Å². The summed E-state index contributed by atoms with van der Waals surface area (Å²) in [5, 5.41) is 12.4. The lowest BCUT2D eigenvalue weighted by molar-refractivity contribution is 0.0948. The second kappa shape index (κ2) is 11.0. The summed E-state index contributed by atoms with van der Waals surface area (Å²) in [5.41, 5.74) is 1.16. The molecule has 2 N–H and O–H groups in total. The highest BCUT2D eigenvalue weighted by Crippen LogP contribution is 2.30. The maximum absolute atomic E-state index is 12.7. The molecule has 0 fully saturated rings. The third-order valence-corrected chi connectivity index (χ3v) is 5.65. The van der Waals surface area contributed by atoms with E-state index in [1.165, 1.54) is 7.11 Å². The van der Waals surface area contributed by atoms with Gasteiger partial charge in [0.25, 0.3) is 5.91 Å². The number of hydrogen-bond acceptors (Lipinski definition) is 8. The molecule has 1 amide bonds. The van der Waals surface area contributed by atoms with Crippen LogP contribution in [0.25, 0.3) is 11.0 Å². The summed E-state index contributed by atoms with van der Waals surface area (Å²) in [4.78, 5) is 22.1. The first-order valence-corrected chi connectivity index (χ1v) is 11.6. The van der Waals surface area contributed by atoms with Crippen LogP contribution in [0.2, 0.25) is 0 Å².